The summed E-state index contributed by atoms with van der Waals surface area (Å²) in [4.78, 5) is 25.7. The summed E-state index contributed by atoms with van der Waals surface area (Å²) in [6, 6.07) is 20.0. The van der Waals surface area contributed by atoms with Crippen LogP contribution in [0.1, 0.15) is 27.2 Å². The molecule has 1 heterocycles. The molecule has 1 aromatic heterocycles. The van der Waals surface area contributed by atoms with Gasteiger partial charge in [-0.3, -0.25) is 14.2 Å². The van der Waals surface area contributed by atoms with Crippen LogP contribution in [0.4, 0.5) is 5.69 Å². The molecule has 1 N–H and O–H groups in total. The van der Waals surface area contributed by atoms with E-state index in [0.717, 1.165) is 27.7 Å². The number of hydrogen-bond acceptors (Lipinski definition) is 2. The lowest BCUT2D eigenvalue weighted by molar-refractivity contribution is -0.111. The van der Waals surface area contributed by atoms with E-state index in [4.69, 9.17) is 23.2 Å². The van der Waals surface area contributed by atoms with Gasteiger partial charge in [-0.1, -0.05) is 59.6 Å². The molecule has 4 nitrogen and oxygen atoms in total. The molecule has 0 radical (unpaired) electrons. The summed E-state index contributed by atoms with van der Waals surface area (Å²) < 4.78 is 1.61. The van der Waals surface area contributed by atoms with Crippen molar-refractivity contribution < 1.29 is 9.59 Å². The van der Waals surface area contributed by atoms with Crippen LogP contribution in [-0.2, 0) is 4.79 Å². The second-order valence-corrected chi connectivity index (χ2v) is 8.23. The maximum Gasteiger partial charge on any atom is 0.265 e. The molecule has 6 heteroatoms. The summed E-state index contributed by atoms with van der Waals surface area (Å²) in [5.41, 5.74) is 4.29. The number of anilines is 1. The van der Waals surface area contributed by atoms with Crippen molar-refractivity contribution in [1.29, 1.82) is 0 Å². The van der Waals surface area contributed by atoms with Crippen LogP contribution in [-0.4, -0.2) is 16.4 Å². The fourth-order valence-electron chi connectivity index (χ4n) is 3.65. The van der Waals surface area contributed by atoms with Crippen molar-refractivity contribution >= 4 is 57.7 Å². The molecule has 1 amide bonds. The van der Waals surface area contributed by atoms with E-state index >= 15 is 0 Å². The van der Waals surface area contributed by atoms with Crippen molar-refractivity contribution in [3.63, 3.8) is 0 Å². The first-order valence-electron chi connectivity index (χ1n) is 10.0. The highest BCUT2D eigenvalue weighted by Gasteiger charge is 2.22. The fraction of sp³-hybridized carbons (Fsp3) is 0.0769. The van der Waals surface area contributed by atoms with Gasteiger partial charge in [0, 0.05) is 22.8 Å². The first kappa shape index (κ1) is 21.9. The van der Waals surface area contributed by atoms with Gasteiger partial charge < -0.3 is 5.32 Å². The van der Waals surface area contributed by atoms with Gasteiger partial charge in [0.1, 0.15) is 0 Å². The molecule has 4 rings (SSSR count). The SMILES string of the molecule is Cc1c(C)n(C(=O)c2c(Cl)cccc2Cl)c2ccc(NC(=O)/C=C/c3ccccc3)cc12. The number of aromatic nitrogens is 1. The lowest BCUT2D eigenvalue weighted by atomic mass is 10.1. The minimum atomic E-state index is -0.293. The van der Waals surface area contributed by atoms with E-state index in [9.17, 15) is 9.59 Å². The summed E-state index contributed by atoms with van der Waals surface area (Å²) in [6.07, 6.45) is 3.25. The number of hydrogen-bond donors (Lipinski definition) is 1. The Hall–Kier alpha value is -3.34. The minimum Gasteiger partial charge on any atom is -0.322 e. The molecule has 32 heavy (non-hydrogen) atoms. The second-order valence-electron chi connectivity index (χ2n) is 7.41. The summed E-state index contributed by atoms with van der Waals surface area (Å²) in [7, 11) is 0. The van der Waals surface area contributed by atoms with Crippen LogP contribution in [0.5, 0.6) is 0 Å². The van der Waals surface area contributed by atoms with Gasteiger partial charge in [0.2, 0.25) is 5.91 Å². The molecule has 0 aliphatic heterocycles. The van der Waals surface area contributed by atoms with E-state index in [0.29, 0.717) is 15.7 Å². The first-order chi connectivity index (χ1) is 15.4. The first-order valence-corrected chi connectivity index (χ1v) is 10.8. The van der Waals surface area contributed by atoms with E-state index in [1.165, 1.54) is 6.08 Å². The minimum absolute atomic E-state index is 0.235. The van der Waals surface area contributed by atoms with Gasteiger partial charge in [-0.25, -0.2) is 0 Å². The van der Waals surface area contributed by atoms with Crippen molar-refractivity contribution in [1.82, 2.24) is 4.57 Å². The predicted octanol–water partition coefficient (Wildman–Crippen LogP) is 6.91. The second kappa shape index (κ2) is 9.03. The topological polar surface area (TPSA) is 51.1 Å². The normalized spacial score (nSPS) is 11.2. The van der Waals surface area contributed by atoms with Crippen molar-refractivity contribution in [3.05, 3.63) is 105 Å². The lowest BCUT2D eigenvalue weighted by Gasteiger charge is -2.10. The third-order valence-corrected chi connectivity index (χ3v) is 6.02. The molecule has 0 aliphatic rings. The molecular formula is C26H20Cl2N2O2. The monoisotopic (exact) mass is 462 g/mol. The van der Waals surface area contributed by atoms with Crippen LogP contribution in [0.3, 0.4) is 0 Å². The Balaban J connectivity index is 1.66. The van der Waals surface area contributed by atoms with Gasteiger partial charge in [0.25, 0.3) is 5.91 Å². The molecule has 160 valence electrons. The van der Waals surface area contributed by atoms with Crippen LogP contribution >= 0.6 is 23.2 Å². The number of benzene rings is 3. The van der Waals surface area contributed by atoms with Crippen molar-refractivity contribution in [2.24, 2.45) is 0 Å². The van der Waals surface area contributed by atoms with Crippen LogP contribution in [0.2, 0.25) is 10.0 Å². The zero-order chi connectivity index (χ0) is 22.8. The molecule has 0 atom stereocenters. The van der Waals surface area contributed by atoms with Crippen LogP contribution < -0.4 is 5.32 Å². The van der Waals surface area contributed by atoms with Crippen LogP contribution in [0.15, 0.2) is 72.8 Å². The van der Waals surface area contributed by atoms with E-state index in [2.05, 4.69) is 5.32 Å². The molecular weight excluding hydrogens is 443 g/mol. The number of fused-ring (bicyclic) bond motifs is 1. The Bertz CT molecular complexity index is 1350. The average Bonchev–Trinajstić information content (AvgIpc) is 3.03. The Labute approximate surface area is 196 Å². The van der Waals surface area contributed by atoms with E-state index in [1.807, 2.05) is 56.3 Å². The zero-order valence-corrected chi connectivity index (χ0v) is 19.0. The number of nitrogens with zero attached hydrogens (tertiary/aromatic N) is 1. The van der Waals surface area contributed by atoms with Crippen molar-refractivity contribution in [2.75, 3.05) is 5.32 Å². The quantitative estimate of drug-likeness (QED) is 0.335. The highest BCUT2D eigenvalue weighted by atomic mass is 35.5. The van der Waals surface area contributed by atoms with Crippen LogP contribution in [0.25, 0.3) is 17.0 Å². The molecule has 0 fully saturated rings. The van der Waals surface area contributed by atoms with Gasteiger partial charge in [-0.15, -0.1) is 0 Å². The molecule has 0 aliphatic carbocycles. The summed E-state index contributed by atoms with van der Waals surface area (Å²) >= 11 is 12.5. The molecule has 4 aromatic rings. The van der Waals surface area contributed by atoms with Crippen molar-refractivity contribution in [3.8, 4) is 0 Å². The van der Waals surface area contributed by atoms with Gasteiger partial charge >= 0.3 is 0 Å². The molecule has 0 unspecified atom stereocenters. The predicted molar refractivity (Wildman–Crippen MR) is 132 cm³/mol. The van der Waals surface area contributed by atoms with Crippen molar-refractivity contribution in [2.45, 2.75) is 13.8 Å². The van der Waals surface area contributed by atoms with Gasteiger partial charge in [0.05, 0.1) is 21.1 Å². The van der Waals surface area contributed by atoms with Gasteiger partial charge in [-0.2, -0.15) is 0 Å². The fourth-order valence-corrected chi connectivity index (χ4v) is 4.21. The number of nitrogens with one attached hydrogen (secondary N) is 1. The molecule has 0 spiro atoms. The highest BCUT2D eigenvalue weighted by molar-refractivity contribution is 6.40. The number of amides is 1. The number of halogens is 2. The lowest BCUT2D eigenvalue weighted by Crippen LogP contribution is -2.14. The van der Waals surface area contributed by atoms with E-state index in [-0.39, 0.29) is 17.4 Å². The Morgan fingerprint density at radius 3 is 2.28 bits per heavy atom. The smallest absolute Gasteiger partial charge is 0.265 e. The largest absolute Gasteiger partial charge is 0.322 e. The number of rotatable bonds is 4. The number of carbonyl (C=O) groups is 2. The Morgan fingerprint density at radius 2 is 1.59 bits per heavy atom. The maximum absolute atomic E-state index is 13.3. The third-order valence-electron chi connectivity index (χ3n) is 5.39. The highest BCUT2D eigenvalue weighted by Crippen LogP contribution is 2.32. The van der Waals surface area contributed by atoms with Gasteiger partial charge in [-0.05, 0) is 61.4 Å². The molecule has 0 saturated heterocycles. The number of aryl methyl sites for hydroxylation is 1. The Kier molecular flexibility index (Phi) is 6.17. The third kappa shape index (κ3) is 4.20. The summed E-state index contributed by atoms with van der Waals surface area (Å²) in [6.45, 7) is 3.81. The average molecular weight is 463 g/mol. The maximum atomic E-state index is 13.3. The molecule has 0 saturated carbocycles. The standard InChI is InChI=1S/C26H20Cl2N2O2/c1-16-17(2)30(26(32)25-21(27)9-6-10-22(25)28)23-13-12-19(15-20(16)23)29-24(31)14-11-18-7-4-3-5-8-18/h3-15H,1-2H3,(H,29,31)/b14-11+. The van der Waals surface area contributed by atoms with Crippen LogP contribution in [0, 0.1) is 13.8 Å². The summed E-state index contributed by atoms with van der Waals surface area (Å²) in [5, 5.41) is 4.34. The van der Waals surface area contributed by atoms with E-state index < -0.39 is 0 Å². The van der Waals surface area contributed by atoms with Gasteiger partial charge in [0.15, 0.2) is 0 Å². The number of carbonyl (C=O) groups excluding carboxylic acids is 2. The molecule has 0 bridgehead atoms. The Morgan fingerprint density at radius 1 is 0.906 bits per heavy atom. The van der Waals surface area contributed by atoms with E-state index in [1.54, 1.807) is 34.9 Å². The molecule has 3 aromatic carbocycles. The summed E-state index contributed by atoms with van der Waals surface area (Å²) in [5.74, 6) is -0.528. The zero-order valence-electron chi connectivity index (χ0n) is 17.5.